The predicted octanol–water partition coefficient (Wildman–Crippen LogP) is 2.63. The summed E-state index contributed by atoms with van der Waals surface area (Å²) in [5.41, 5.74) is 1.78. The van der Waals surface area contributed by atoms with E-state index in [1.807, 2.05) is 19.9 Å². The van der Waals surface area contributed by atoms with Gasteiger partial charge in [0, 0.05) is 12.1 Å². The number of carbonyl (C=O) groups excluding carboxylic acids is 1. The molecule has 0 atom stereocenters. The molecular formula is C13H17N3O2S. The second-order valence-electron chi connectivity index (χ2n) is 4.42. The monoisotopic (exact) mass is 279 g/mol. The van der Waals surface area contributed by atoms with E-state index in [1.54, 1.807) is 0 Å². The molecule has 19 heavy (non-hydrogen) atoms. The van der Waals surface area contributed by atoms with Gasteiger partial charge in [0.05, 0.1) is 5.69 Å². The molecule has 0 fully saturated rings. The fraction of sp³-hybridized carbons (Fsp3) is 0.462. The standard InChI is InChI=1S/C13H17N3O2S/c1-4-5-11-12(19-16-15-11)13(17)14-7-10-6-8(2)18-9(10)3/h6H,4-5,7H2,1-3H3,(H,14,17). The molecule has 102 valence electrons. The molecule has 1 N–H and O–H groups in total. The summed E-state index contributed by atoms with van der Waals surface area (Å²) in [6.07, 6.45) is 1.73. The molecule has 0 aromatic carbocycles. The van der Waals surface area contributed by atoms with Gasteiger partial charge in [-0.25, -0.2) is 0 Å². The minimum absolute atomic E-state index is 0.114. The average molecular weight is 279 g/mol. The minimum atomic E-state index is -0.114. The van der Waals surface area contributed by atoms with Crippen molar-refractivity contribution in [2.45, 2.75) is 40.2 Å². The maximum Gasteiger partial charge on any atom is 0.265 e. The number of hydrogen-bond donors (Lipinski definition) is 1. The van der Waals surface area contributed by atoms with Crippen molar-refractivity contribution in [3.05, 3.63) is 33.7 Å². The van der Waals surface area contributed by atoms with E-state index in [1.165, 1.54) is 0 Å². The second kappa shape index (κ2) is 5.97. The van der Waals surface area contributed by atoms with Gasteiger partial charge in [0.2, 0.25) is 0 Å². The summed E-state index contributed by atoms with van der Waals surface area (Å²) in [6, 6.07) is 1.94. The van der Waals surface area contributed by atoms with E-state index in [4.69, 9.17) is 4.42 Å². The van der Waals surface area contributed by atoms with Crippen molar-refractivity contribution < 1.29 is 9.21 Å². The Morgan fingerprint density at radius 1 is 1.47 bits per heavy atom. The van der Waals surface area contributed by atoms with E-state index in [0.29, 0.717) is 11.4 Å². The molecule has 2 heterocycles. The van der Waals surface area contributed by atoms with Gasteiger partial charge < -0.3 is 9.73 Å². The van der Waals surface area contributed by atoms with Crippen LogP contribution in [-0.2, 0) is 13.0 Å². The highest BCUT2D eigenvalue weighted by molar-refractivity contribution is 7.08. The Labute approximate surface area is 116 Å². The van der Waals surface area contributed by atoms with Crippen LogP contribution in [0.25, 0.3) is 0 Å². The van der Waals surface area contributed by atoms with E-state index in [9.17, 15) is 4.79 Å². The number of rotatable bonds is 5. The first-order valence-electron chi connectivity index (χ1n) is 6.27. The molecule has 0 unspecified atom stereocenters. The Balaban J connectivity index is 2.01. The molecule has 0 radical (unpaired) electrons. The molecule has 2 rings (SSSR count). The number of nitrogens with zero attached hydrogens (tertiary/aromatic N) is 2. The molecule has 2 aromatic rings. The van der Waals surface area contributed by atoms with Crippen LogP contribution < -0.4 is 5.32 Å². The van der Waals surface area contributed by atoms with E-state index < -0.39 is 0 Å². The van der Waals surface area contributed by atoms with Gasteiger partial charge in [0.15, 0.2) is 0 Å². The maximum atomic E-state index is 12.1. The van der Waals surface area contributed by atoms with Crippen molar-refractivity contribution in [2.24, 2.45) is 0 Å². The highest BCUT2D eigenvalue weighted by Gasteiger charge is 2.16. The molecule has 0 saturated carbocycles. The van der Waals surface area contributed by atoms with Crippen LogP contribution in [0.15, 0.2) is 10.5 Å². The highest BCUT2D eigenvalue weighted by atomic mass is 32.1. The summed E-state index contributed by atoms with van der Waals surface area (Å²) in [7, 11) is 0. The average Bonchev–Trinajstić information content (AvgIpc) is 2.94. The Hall–Kier alpha value is -1.69. The zero-order chi connectivity index (χ0) is 13.8. The number of aromatic nitrogens is 2. The summed E-state index contributed by atoms with van der Waals surface area (Å²) in [6.45, 7) is 6.31. The molecule has 0 bridgehead atoms. The normalized spacial score (nSPS) is 10.7. The van der Waals surface area contributed by atoms with Gasteiger partial charge >= 0.3 is 0 Å². The van der Waals surface area contributed by atoms with Gasteiger partial charge in [-0.05, 0) is 37.9 Å². The summed E-state index contributed by atoms with van der Waals surface area (Å²) >= 11 is 1.15. The quantitative estimate of drug-likeness (QED) is 0.913. The fourth-order valence-electron chi connectivity index (χ4n) is 1.90. The third-order valence-corrected chi connectivity index (χ3v) is 3.60. The van der Waals surface area contributed by atoms with Crippen molar-refractivity contribution in [3.63, 3.8) is 0 Å². The lowest BCUT2D eigenvalue weighted by molar-refractivity contribution is 0.0953. The first-order chi connectivity index (χ1) is 9.11. The van der Waals surface area contributed by atoms with Crippen LogP contribution in [0.2, 0.25) is 0 Å². The van der Waals surface area contributed by atoms with E-state index in [0.717, 1.165) is 47.2 Å². The highest BCUT2D eigenvalue weighted by Crippen LogP contribution is 2.15. The molecule has 0 aliphatic carbocycles. The van der Waals surface area contributed by atoms with Gasteiger partial charge in [-0.15, -0.1) is 5.10 Å². The van der Waals surface area contributed by atoms with E-state index in [2.05, 4.69) is 21.8 Å². The number of aryl methyl sites for hydroxylation is 3. The van der Waals surface area contributed by atoms with Crippen LogP contribution in [0, 0.1) is 13.8 Å². The summed E-state index contributed by atoms with van der Waals surface area (Å²) in [4.78, 5) is 12.7. The third-order valence-electron chi connectivity index (χ3n) is 2.83. The molecule has 1 amide bonds. The van der Waals surface area contributed by atoms with Crippen LogP contribution in [0.1, 0.15) is 45.8 Å². The summed E-state index contributed by atoms with van der Waals surface area (Å²) < 4.78 is 9.28. The lowest BCUT2D eigenvalue weighted by atomic mass is 10.2. The predicted molar refractivity (Wildman–Crippen MR) is 73.3 cm³/mol. The van der Waals surface area contributed by atoms with Crippen molar-refractivity contribution in [1.29, 1.82) is 0 Å². The number of amides is 1. The molecule has 2 aromatic heterocycles. The molecule has 0 aliphatic rings. The number of nitrogens with one attached hydrogen (secondary N) is 1. The number of furan rings is 1. The molecule has 0 saturated heterocycles. The largest absolute Gasteiger partial charge is 0.466 e. The topological polar surface area (TPSA) is 68.0 Å². The Morgan fingerprint density at radius 3 is 2.89 bits per heavy atom. The lowest BCUT2D eigenvalue weighted by Gasteiger charge is -2.03. The summed E-state index contributed by atoms with van der Waals surface area (Å²) in [5, 5.41) is 6.88. The molecule has 0 spiro atoms. The Bertz CT molecular complexity index is 574. The van der Waals surface area contributed by atoms with Gasteiger partial charge in [-0.3, -0.25) is 4.79 Å². The van der Waals surface area contributed by atoms with Crippen molar-refractivity contribution >= 4 is 17.4 Å². The van der Waals surface area contributed by atoms with Crippen molar-refractivity contribution in [3.8, 4) is 0 Å². The molecule has 6 heteroatoms. The van der Waals surface area contributed by atoms with E-state index in [-0.39, 0.29) is 5.91 Å². The molecule has 5 nitrogen and oxygen atoms in total. The fourth-order valence-corrected chi connectivity index (χ4v) is 2.52. The van der Waals surface area contributed by atoms with Crippen LogP contribution >= 0.6 is 11.5 Å². The SMILES string of the molecule is CCCc1nnsc1C(=O)NCc1cc(C)oc1C. The number of carbonyl (C=O) groups is 1. The van der Waals surface area contributed by atoms with Gasteiger partial charge in [0.25, 0.3) is 5.91 Å². The van der Waals surface area contributed by atoms with Crippen molar-refractivity contribution in [1.82, 2.24) is 14.9 Å². The second-order valence-corrected chi connectivity index (χ2v) is 5.17. The number of hydrogen-bond acceptors (Lipinski definition) is 5. The van der Waals surface area contributed by atoms with Crippen LogP contribution in [0.4, 0.5) is 0 Å². The zero-order valence-electron chi connectivity index (χ0n) is 11.3. The molecular weight excluding hydrogens is 262 g/mol. The Kier molecular flexibility index (Phi) is 4.31. The minimum Gasteiger partial charge on any atom is -0.466 e. The zero-order valence-corrected chi connectivity index (χ0v) is 12.1. The molecule has 0 aliphatic heterocycles. The van der Waals surface area contributed by atoms with Gasteiger partial charge in [-0.1, -0.05) is 17.8 Å². The Morgan fingerprint density at radius 2 is 2.26 bits per heavy atom. The summed E-state index contributed by atoms with van der Waals surface area (Å²) in [5.74, 6) is 1.58. The van der Waals surface area contributed by atoms with Crippen LogP contribution in [-0.4, -0.2) is 15.5 Å². The first-order valence-corrected chi connectivity index (χ1v) is 7.04. The first kappa shape index (κ1) is 13.7. The van der Waals surface area contributed by atoms with Crippen molar-refractivity contribution in [2.75, 3.05) is 0 Å². The van der Waals surface area contributed by atoms with Gasteiger partial charge in [-0.2, -0.15) is 0 Å². The van der Waals surface area contributed by atoms with Gasteiger partial charge in [0.1, 0.15) is 16.4 Å². The maximum absolute atomic E-state index is 12.1. The lowest BCUT2D eigenvalue weighted by Crippen LogP contribution is -2.23. The smallest absolute Gasteiger partial charge is 0.265 e. The van der Waals surface area contributed by atoms with Crippen LogP contribution in [0.5, 0.6) is 0 Å². The third kappa shape index (κ3) is 3.20. The van der Waals surface area contributed by atoms with E-state index >= 15 is 0 Å². The van der Waals surface area contributed by atoms with Crippen LogP contribution in [0.3, 0.4) is 0 Å².